The highest BCUT2D eigenvalue weighted by Gasteiger charge is 2.09. The van der Waals surface area contributed by atoms with Crippen molar-refractivity contribution in [1.29, 1.82) is 0 Å². The number of benzene rings is 1. The van der Waals surface area contributed by atoms with Crippen molar-refractivity contribution in [2.24, 2.45) is 0 Å². The van der Waals surface area contributed by atoms with E-state index >= 15 is 0 Å². The van der Waals surface area contributed by atoms with Crippen LogP contribution in [0.1, 0.15) is 19.3 Å². The zero-order valence-corrected chi connectivity index (χ0v) is 10.3. The largest absolute Gasteiger partial charge is 0.400 e. The second-order valence-electron chi connectivity index (χ2n) is 3.52. The SMILES string of the molecule is C#C.CO.Fc1ccc(N2CCCCC2)cc1. The Kier molecular flexibility index (Phi) is 8.81. The maximum Gasteiger partial charge on any atom is 0.123 e. The van der Waals surface area contributed by atoms with E-state index in [9.17, 15) is 4.39 Å². The predicted molar refractivity (Wildman–Crippen MR) is 70.5 cm³/mol. The molecule has 3 heteroatoms. The van der Waals surface area contributed by atoms with Crippen LogP contribution in [0.2, 0.25) is 0 Å². The number of rotatable bonds is 1. The van der Waals surface area contributed by atoms with Crippen LogP contribution in [0, 0.1) is 18.7 Å². The Morgan fingerprint density at radius 3 is 1.94 bits per heavy atom. The minimum atomic E-state index is -0.152. The van der Waals surface area contributed by atoms with Gasteiger partial charge in [-0.2, -0.15) is 0 Å². The highest BCUT2D eigenvalue weighted by molar-refractivity contribution is 5.46. The number of hydrogen-bond donors (Lipinski definition) is 1. The van der Waals surface area contributed by atoms with Crippen molar-refractivity contribution in [3.8, 4) is 12.8 Å². The Bertz CT molecular complexity index is 302. The van der Waals surface area contributed by atoms with E-state index in [1.54, 1.807) is 0 Å². The lowest BCUT2D eigenvalue weighted by molar-refractivity contribution is 0.399. The van der Waals surface area contributed by atoms with Gasteiger partial charge in [-0.3, -0.25) is 0 Å². The Morgan fingerprint density at radius 2 is 1.47 bits per heavy atom. The fourth-order valence-electron chi connectivity index (χ4n) is 1.80. The first-order chi connectivity index (χ1) is 8.36. The summed E-state index contributed by atoms with van der Waals surface area (Å²) < 4.78 is 12.6. The molecule has 1 aromatic rings. The number of piperidine rings is 1. The topological polar surface area (TPSA) is 23.5 Å². The summed E-state index contributed by atoms with van der Waals surface area (Å²) in [6.45, 7) is 2.23. The molecule has 1 heterocycles. The van der Waals surface area contributed by atoms with Crippen molar-refractivity contribution in [3.05, 3.63) is 30.1 Å². The smallest absolute Gasteiger partial charge is 0.123 e. The first kappa shape index (κ1) is 15.5. The standard InChI is InChI=1S/C11H14FN.C2H2.CH4O/c12-10-4-6-11(7-5-10)13-8-2-1-3-9-13;2*1-2/h4-7H,1-3,8-9H2;1-2H;2H,1H3. The first-order valence-electron chi connectivity index (χ1n) is 5.65. The quantitative estimate of drug-likeness (QED) is 0.759. The summed E-state index contributed by atoms with van der Waals surface area (Å²) in [6.07, 6.45) is 11.9. The van der Waals surface area contributed by atoms with E-state index < -0.39 is 0 Å². The molecule has 0 aliphatic carbocycles. The van der Waals surface area contributed by atoms with Crippen LogP contribution in [-0.2, 0) is 0 Å². The molecule has 0 radical (unpaired) electrons. The zero-order valence-electron chi connectivity index (χ0n) is 10.3. The predicted octanol–water partition coefficient (Wildman–Crippen LogP) is 2.67. The highest BCUT2D eigenvalue weighted by Crippen LogP contribution is 2.19. The maximum absolute atomic E-state index is 12.6. The second-order valence-corrected chi connectivity index (χ2v) is 3.52. The molecule has 0 atom stereocenters. The van der Waals surface area contributed by atoms with E-state index in [-0.39, 0.29) is 5.82 Å². The van der Waals surface area contributed by atoms with Gasteiger partial charge in [-0.1, -0.05) is 0 Å². The molecule has 0 saturated carbocycles. The Balaban J connectivity index is 0.000000581. The fourth-order valence-corrected chi connectivity index (χ4v) is 1.80. The summed E-state index contributed by atoms with van der Waals surface area (Å²) >= 11 is 0. The number of aliphatic hydroxyl groups excluding tert-OH is 1. The molecule has 94 valence electrons. The van der Waals surface area contributed by atoms with Crippen LogP contribution in [0.5, 0.6) is 0 Å². The number of terminal acetylenes is 1. The van der Waals surface area contributed by atoms with Gasteiger partial charge in [-0.05, 0) is 43.5 Å². The molecule has 1 aliphatic heterocycles. The van der Waals surface area contributed by atoms with Gasteiger partial charge in [0, 0.05) is 25.9 Å². The van der Waals surface area contributed by atoms with Crippen molar-refractivity contribution in [3.63, 3.8) is 0 Å². The van der Waals surface area contributed by atoms with Gasteiger partial charge in [0.25, 0.3) is 0 Å². The van der Waals surface area contributed by atoms with Crippen LogP contribution in [0.15, 0.2) is 24.3 Å². The third-order valence-corrected chi connectivity index (χ3v) is 2.55. The van der Waals surface area contributed by atoms with Gasteiger partial charge in [-0.15, -0.1) is 12.8 Å². The van der Waals surface area contributed by atoms with Gasteiger partial charge >= 0.3 is 0 Å². The average molecular weight is 237 g/mol. The molecular formula is C14H20FNO. The number of hydrogen-bond acceptors (Lipinski definition) is 2. The molecule has 1 aliphatic rings. The van der Waals surface area contributed by atoms with Crippen molar-refractivity contribution in [2.75, 3.05) is 25.1 Å². The minimum absolute atomic E-state index is 0.152. The number of halogens is 1. The van der Waals surface area contributed by atoms with E-state index in [0.29, 0.717) is 0 Å². The minimum Gasteiger partial charge on any atom is -0.400 e. The molecule has 0 bridgehead atoms. The lowest BCUT2D eigenvalue weighted by Gasteiger charge is -2.28. The molecule has 0 aromatic heterocycles. The van der Waals surface area contributed by atoms with Crippen LogP contribution in [0.3, 0.4) is 0 Å². The Hall–Kier alpha value is -1.53. The van der Waals surface area contributed by atoms with Crippen molar-refractivity contribution in [1.82, 2.24) is 0 Å². The molecule has 0 amide bonds. The molecule has 2 rings (SSSR count). The molecule has 0 unspecified atom stereocenters. The van der Waals surface area contributed by atoms with E-state index in [4.69, 9.17) is 5.11 Å². The molecule has 1 fully saturated rings. The van der Waals surface area contributed by atoms with Crippen LogP contribution in [0.4, 0.5) is 10.1 Å². The molecular weight excluding hydrogens is 217 g/mol. The monoisotopic (exact) mass is 237 g/mol. The van der Waals surface area contributed by atoms with Gasteiger partial charge in [0.2, 0.25) is 0 Å². The van der Waals surface area contributed by atoms with Crippen molar-refractivity contribution < 1.29 is 9.50 Å². The Morgan fingerprint density at radius 1 is 1.00 bits per heavy atom. The van der Waals surface area contributed by atoms with Gasteiger partial charge in [0.15, 0.2) is 0 Å². The normalized spacial score (nSPS) is 13.8. The van der Waals surface area contributed by atoms with Gasteiger partial charge < -0.3 is 10.0 Å². The fraction of sp³-hybridized carbons (Fsp3) is 0.429. The molecule has 1 saturated heterocycles. The van der Waals surface area contributed by atoms with E-state index in [1.807, 2.05) is 12.1 Å². The number of nitrogens with zero attached hydrogens (tertiary/aromatic N) is 1. The maximum atomic E-state index is 12.6. The summed E-state index contributed by atoms with van der Waals surface area (Å²) in [6, 6.07) is 6.79. The molecule has 1 N–H and O–H groups in total. The van der Waals surface area contributed by atoms with Crippen LogP contribution in [0.25, 0.3) is 0 Å². The van der Waals surface area contributed by atoms with Crippen LogP contribution >= 0.6 is 0 Å². The van der Waals surface area contributed by atoms with Gasteiger partial charge in [-0.25, -0.2) is 4.39 Å². The lowest BCUT2D eigenvalue weighted by Crippen LogP contribution is -2.29. The molecule has 2 nitrogen and oxygen atoms in total. The molecule has 17 heavy (non-hydrogen) atoms. The second kappa shape index (κ2) is 9.68. The van der Waals surface area contributed by atoms with Crippen LogP contribution in [-0.4, -0.2) is 25.3 Å². The summed E-state index contributed by atoms with van der Waals surface area (Å²) in [4.78, 5) is 2.32. The van der Waals surface area contributed by atoms with E-state index in [2.05, 4.69) is 17.7 Å². The molecule has 0 spiro atoms. The number of aliphatic hydroxyl groups is 1. The summed E-state index contributed by atoms with van der Waals surface area (Å²) in [5, 5.41) is 7.00. The van der Waals surface area contributed by atoms with Gasteiger partial charge in [0.1, 0.15) is 5.82 Å². The summed E-state index contributed by atoms with van der Waals surface area (Å²) in [7, 11) is 1.00. The first-order valence-corrected chi connectivity index (χ1v) is 5.65. The van der Waals surface area contributed by atoms with Crippen molar-refractivity contribution in [2.45, 2.75) is 19.3 Å². The average Bonchev–Trinajstić information content (AvgIpc) is 2.45. The summed E-state index contributed by atoms with van der Waals surface area (Å²) in [5.41, 5.74) is 1.15. The van der Waals surface area contributed by atoms with Gasteiger partial charge in [0.05, 0.1) is 0 Å². The third kappa shape index (κ3) is 5.37. The van der Waals surface area contributed by atoms with Crippen LogP contribution < -0.4 is 4.90 Å². The summed E-state index contributed by atoms with van der Waals surface area (Å²) in [5.74, 6) is -0.152. The third-order valence-electron chi connectivity index (χ3n) is 2.55. The van der Waals surface area contributed by atoms with E-state index in [0.717, 1.165) is 25.9 Å². The Labute approximate surface area is 103 Å². The number of anilines is 1. The molecule has 1 aromatic carbocycles. The lowest BCUT2D eigenvalue weighted by atomic mass is 10.1. The van der Waals surface area contributed by atoms with Crippen molar-refractivity contribution >= 4 is 5.69 Å². The van der Waals surface area contributed by atoms with E-state index in [1.165, 1.54) is 31.4 Å². The highest BCUT2D eigenvalue weighted by atomic mass is 19.1. The zero-order chi connectivity index (χ0) is 13.1.